The fraction of sp³-hybridized carbons (Fsp3) is 0.130. The minimum Gasteiger partial charge on any atom is -0.506 e. The maximum Gasteiger partial charge on any atom is 0.212 e. The Labute approximate surface area is 152 Å². The van der Waals surface area contributed by atoms with Crippen molar-refractivity contribution in [1.29, 1.82) is 0 Å². The van der Waals surface area contributed by atoms with Gasteiger partial charge >= 0.3 is 0 Å². The average molecular weight is 341 g/mol. The molecule has 128 valence electrons. The third-order valence-electron chi connectivity index (χ3n) is 4.75. The molecular formula is C23H21N2O+. The molecule has 4 aromatic rings. The van der Waals surface area contributed by atoms with Gasteiger partial charge in [0.1, 0.15) is 17.8 Å². The van der Waals surface area contributed by atoms with Gasteiger partial charge in [-0.25, -0.2) is 0 Å². The molecule has 0 unspecified atom stereocenters. The summed E-state index contributed by atoms with van der Waals surface area (Å²) in [5.74, 6) is 0.211. The van der Waals surface area contributed by atoms with E-state index in [0.29, 0.717) is 5.52 Å². The summed E-state index contributed by atoms with van der Waals surface area (Å²) in [7, 11) is 0. The Bertz CT molecular complexity index is 1150. The van der Waals surface area contributed by atoms with Crippen LogP contribution in [0.25, 0.3) is 34.0 Å². The molecule has 0 bridgehead atoms. The highest BCUT2D eigenvalue weighted by Crippen LogP contribution is 2.26. The first-order valence-corrected chi connectivity index (χ1v) is 8.85. The number of pyridine rings is 2. The second kappa shape index (κ2) is 6.60. The first-order valence-electron chi connectivity index (χ1n) is 8.85. The summed E-state index contributed by atoms with van der Waals surface area (Å²) in [6, 6.07) is 18.4. The summed E-state index contributed by atoms with van der Waals surface area (Å²) in [5, 5.41) is 12.2. The zero-order chi connectivity index (χ0) is 18.1. The van der Waals surface area contributed by atoms with Crippen molar-refractivity contribution in [2.45, 2.75) is 20.4 Å². The van der Waals surface area contributed by atoms with Crippen molar-refractivity contribution in [2.24, 2.45) is 0 Å². The highest BCUT2D eigenvalue weighted by atomic mass is 16.3. The molecule has 0 fully saturated rings. The Morgan fingerprint density at radius 2 is 1.92 bits per heavy atom. The van der Waals surface area contributed by atoms with Crippen LogP contribution in [0.15, 0.2) is 60.8 Å². The predicted molar refractivity (Wildman–Crippen MR) is 107 cm³/mol. The van der Waals surface area contributed by atoms with Gasteiger partial charge < -0.3 is 5.11 Å². The molecule has 0 radical (unpaired) electrons. The highest BCUT2D eigenvalue weighted by molar-refractivity contribution is 5.93. The molecule has 26 heavy (non-hydrogen) atoms. The van der Waals surface area contributed by atoms with Crippen LogP contribution in [0.2, 0.25) is 0 Å². The molecule has 0 saturated heterocycles. The van der Waals surface area contributed by atoms with E-state index in [0.717, 1.165) is 23.2 Å². The van der Waals surface area contributed by atoms with Gasteiger partial charge in [0, 0.05) is 35.2 Å². The van der Waals surface area contributed by atoms with E-state index in [1.54, 1.807) is 12.3 Å². The lowest BCUT2D eigenvalue weighted by Gasteiger charge is -2.05. The number of fused-ring (bicyclic) bond motifs is 2. The second-order valence-electron chi connectivity index (χ2n) is 6.47. The number of aromatic hydroxyl groups is 1. The summed E-state index contributed by atoms with van der Waals surface area (Å²) < 4.78 is 2.31. The Balaban J connectivity index is 1.83. The summed E-state index contributed by atoms with van der Waals surface area (Å²) in [6.45, 7) is 5.18. The van der Waals surface area contributed by atoms with Crippen LogP contribution in [-0.2, 0) is 6.54 Å². The van der Waals surface area contributed by atoms with Crippen LogP contribution < -0.4 is 4.57 Å². The Kier molecular flexibility index (Phi) is 4.13. The van der Waals surface area contributed by atoms with Gasteiger partial charge in [-0.1, -0.05) is 23.8 Å². The van der Waals surface area contributed by atoms with Crippen LogP contribution in [0.1, 0.15) is 23.7 Å². The molecule has 0 saturated carbocycles. The molecule has 0 amide bonds. The first-order chi connectivity index (χ1) is 12.7. The van der Waals surface area contributed by atoms with Crippen molar-refractivity contribution in [3.05, 3.63) is 77.6 Å². The Hall–Kier alpha value is -3.20. The third-order valence-corrected chi connectivity index (χ3v) is 4.75. The van der Waals surface area contributed by atoms with E-state index in [1.807, 2.05) is 18.2 Å². The maximum atomic E-state index is 10.0. The minimum absolute atomic E-state index is 0.211. The number of benzene rings is 2. The summed E-state index contributed by atoms with van der Waals surface area (Å²) >= 11 is 0. The largest absolute Gasteiger partial charge is 0.506 e. The van der Waals surface area contributed by atoms with Crippen LogP contribution in [0.3, 0.4) is 0 Å². The normalized spacial score (nSPS) is 11.6. The van der Waals surface area contributed by atoms with E-state index >= 15 is 0 Å². The first kappa shape index (κ1) is 16.3. The van der Waals surface area contributed by atoms with Crippen molar-refractivity contribution in [3.8, 4) is 5.75 Å². The van der Waals surface area contributed by atoms with Gasteiger partial charge in [0.25, 0.3) is 0 Å². The lowest BCUT2D eigenvalue weighted by atomic mass is 10.1. The number of aryl methyl sites for hydroxylation is 2. The van der Waals surface area contributed by atoms with Gasteiger partial charge in [-0.15, -0.1) is 0 Å². The minimum atomic E-state index is 0.211. The van der Waals surface area contributed by atoms with E-state index in [2.05, 4.69) is 65.9 Å². The zero-order valence-corrected chi connectivity index (χ0v) is 15.0. The molecule has 2 aromatic carbocycles. The van der Waals surface area contributed by atoms with E-state index < -0.39 is 0 Å². The number of hydrogen-bond acceptors (Lipinski definition) is 2. The standard InChI is InChI=1S/C23H20N2O/c1-3-25-19(11-8-18-15-16(2)6-12-21(18)25)10-7-17-9-13-22(26)23-20(17)5-4-14-24-23/h4-15H,3H2,1-2H3/p+1. The van der Waals surface area contributed by atoms with Gasteiger partial charge in [-0.3, -0.25) is 4.98 Å². The predicted octanol–water partition coefficient (Wildman–Crippen LogP) is 4.88. The topological polar surface area (TPSA) is 37.0 Å². The molecule has 1 N–H and O–H groups in total. The quantitative estimate of drug-likeness (QED) is 0.539. The van der Waals surface area contributed by atoms with E-state index in [4.69, 9.17) is 0 Å². The number of aromatic nitrogens is 2. The van der Waals surface area contributed by atoms with Gasteiger partial charge in [0.15, 0.2) is 0 Å². The number of phenolic OH excluding ortho intramolecular Hbond substituents is 1. The lowest BCUT2D eigenvalue weighted by molar-refractivity contribution is -0.669. The molecular weight excluding hydrogens is 320 g/mol. The van der Waals surface area contributed by atoms with Crippen molar-refractivity contribution < 1.29 is 9.67 Å². The van der Waals surface area contributed by atoms with Crippen LogP contribution in [0.5, 0.6) is 5.75 Å². The Morgan fingerprint density at radius 3 is 2.77 bits per heavy atom. The smallest absolute Gasteiger partial charge is 0.212 e. The van der Waals surface area contributed by atoms with Crippen LogP contribution in [0.4, 0.5) is 0 Å². The van der Waals surface area contributed by atoms with Crippen molar-refractivity contribution >= 4 is 34.0 Å². The SMILES string of the molecule is CC[n+]1c(/C=C/c2ccc(O)c3ncccc23)ccc2cc(C)ccc21. The molecule has 0 aliphatic carbocycles. The van der Waals surface area contributed by atoms with E-state index in [-0.39, 0.29) is 5.75 Å². The molecule has 0 spiro atoms. The molecule has 0 atom stereocenters. The molecule has 3 nitrogen and oxygen atoms in total. The lowest BCUT2D eigenvalue weighted by Crippen LogP contribution is -2.36. The van der Waals surface area contributed by atoms with Crippen LogP contribution in [0, 0.1) is 6.92 Å². The summed E-state index contributed by atoms with van der Waals surface area (Å²) in [6.07, 6.45) is 5.92. The number of phenols is 1. The van der Waals surface area contributed by atoms with Crippen molar-refractivity contribution in [2.75, 3.05) is 0 Å². The third kappa shape index (κ3) is 2.82. The number of nitrogens with zero attached hydrogens (tertiary/aromatic N) is 2. The molecule has 0 aliphatic heterocycles. The van der Waals surface area contributed by atoms with Gasteiger partial charge in [-0.2, -0.15) is 4.57 Å². The molecule has 3 heteroatoms. The number of rotatable bonds is 3. The van der Waals surface area contributed by atoms with E-state index in [9.17, 15) is 5.11 Å². The van der Waals surface area contributed by atoms with Gasteiger partial charge in [-0.05, 0) is 49.8 Å². The fourth-order valence-electron chi connectivity index (χ4n) is 3.46. The zero-order valence-electron chi connectivity index (χ0n) is 15.0. The van der Waals surface area contributed by atoms with E-state index in [1.165, 1.54) is 16.5 Å². The molecule has 2 aromatic heterocycles. The Morgan fingerprint density at radius 1 is 1.04 bits per heavy atom. The monoisotopic (exact) mass is 341 g/mol. The molecule has 2 heterocycles. The maximum absolute atomic E-state index is 10.0. The summed E-state index contributed by atoms with van der Waals surface area (Å²) in [4.78, 5) is 4.29. The van der Waals surface area contributed by atoms with Crippen LogP contribution in [-0.4, -0.2) is 10.1 Å². The highest BCUT2D eigenvalue weighted by Gasteiger charge is 2.12. The molecule has 4 rings (SSSR count). The van der Waals surface area contributed by atoms with Crippen molar-refractivity contribution in [1.82, 2.24) is 4.98 Å². The molecule has 0 aliphatic rings. The average Bonchev–Trinajstić information content (AvgIpc) is 2.67. The summed E-state index contributed by atoms with van der Waals surface area (Å²) in [5.41, 5.74) is 5.32. The second-order valence-corrected chi connectivity index (χ2v) is 6.47. The van der Waals surface area contributed by atoms with Crippen molar-refractivity contribution in [3.63, 3.8) is 0 Å². The van der Waals surface area contributed by atoms with Crippen LogP contribution >= 0.6 is 0 Å². The number of hydrogen-bond donors (Lipinski definition) is 1. The van der Waals surface area contributed by atoms with Gasteiger partial charge in [0.2, 0.25) is 11.2 Å². The fourth-order valence-corrected chi connectivity index (χ4v) is 3.46. The van der Waals surface area contributed by atoms with Gasteiger partial charge in [0.05, 0.1) is 0 Å².